The number of hydrogen-bond acceptors (Lipinski definition) is 2. The van der Waals surface area contributed by atoms with Gasteiger partial charge in [-0.15, -0.1) is 6.58 Å². The normalized spacial score (nSPS) is 10.5. The number of hydrogen-bond donors (Lipinski definition) is 1. The van der Waals surface area contributed by atoms with Crippen LogP contribution in [0, 0.1) is 0 Å². The van der Waals surface area contributed by atoms with E-state index in [2.05, 4.69) is 16.9 Å². The van der Waals surface area contributed by atoms with Gasteiger partial charge in [-0.1, -0.05) is 6.08 Å². The summed E-state index contributed by atoms with van der Waals surface area (Å²) in [6.45, 7) is 3.99. The predicted octanol–water partition coefficient (Wildman–Crippen LogP) is 2.14. The Bertz CT molecular complexity index is 589. The second-order valence-electron chi connectivity index (χ2n) is 3.64. The second kappa shape index (κ2) is 4.59. The Balaban J connectivity index is 2.40. The van der Waals surface area contributed by atoms with Gasteiger partial charge in [0, 0.05) is 19.2 Å². The van der Waals surface area contributed by atoms with Crippen molar-refractivity contribution in [1.29, 1.82) is 0 Å². The highest BCUT2D eigenvalue weighted by Crippen LogP contribution is 2.19. The average Bonchev–Trinajstić information content (AvgIpc) is 2.62. The summed E-state index contributed by atoms with van der Waals surface area (Å²) < 4.78 is 1.74. The molecule has 0 saturated carbocycles. The van der Waals surface area contributed by atoms with E-state index in [1.807, 2.05) is 7.05 Å². The zero-order valence-corrected chi connectivity index (χ0v) is 10.2. The Morgan fingerprint density at radius 2 is 2.41 bits per heavy atom. The number of amides is 1. The minimum atomic E-state index is -0.135. The highest BCUT2D eigenvalue weighted by Gasteiger charge is 2.09. The molecule has 1 aromatic heterocycles. The summed E-state index contributed by atoms with van der Waals surface area (Å²) in [5.74, 6) is -0.135. The van der Waals surface area contributed by atoms with Crippen molar-refractivity contribution in [3.8, 4) is 0 Å². The molecule has 1 N–H and O–H groups in total. The number of carbonyl (C=O) groups excluding carboxylic acids is 1. The van der Waals surface area contributed by atoms with Crippen molar-refractivity contribution in [2.24, 2.45) is 7.05 Å². The fraction of sp³-hybridized carbons (Fsp3) is 0.167. The van der Waals surface area contributed by atoms with Crippen LogP contribution < -0.4 is 5.32 Å². The van der Waals surface area contributed by atoms with E-state index >= 15 is 0 Å². The number of benzene rings is 1. The maximum atomic E-state index is 11.7. The van der Waals surface area contributed by atoms with Crippen molar-refractivity contribution in [2.45, 2.75) is 0 Å². The van der Waals surface area contributed by atoms with E-state index in [-0.39, 0.29) is 5.91 Å². The predicted molar refractivity (Wildman–Crippen MR) is 68.3 cm³/mol. The fourth-order valence-corrected chi connectivity index (χ4v) is 1.75. The van der Waals surface area contributed by atoms with Crippen LogP contribution in [0.15, 0.2) is 30.9 Å². The molecule has 0 unspecified atom stereocenters. The number of aromatic nitrogens is 2. The Morgan fingerprint density at radius 1 is 1.65 bits per heavy atom. The van der Waals surface area contributed by atoms with Crippen LogP contribution in [0.2, 0.25) is 5.28 Å². The molecule has 17 heavy (non-hydrogen) atoms. The quantitative estimate of drug-likeness (QED) is 0.848. The Labute approximate surface area is 104 Å². The van der Waals surface area contributed by atoms with Crippen LogP contribution in [0.1, 0.15) is 10.4 Å². The first-order chi connectivity index (χ1) is 8.13. The monoisotopic (exact) mass is 249 g/mol. The van der Waals surface area contributed by atoms with E-state index < -0.39 is 0 Å². The molecule has 5 heteroatoms. The summed E-state index contributed by atoms with van der Waals surface area (Å²) in [6, 6.07) is 5.28. The van der Waals surface area contributed by atoms with Gasteiger partial charge in [0.25, 0.3) is 5.91 Å². The number of rotatable bonds is 3. The Morgan fingerprint density at radius 3 is 3.12 bits per heavy atom. The zero-order chi connectivity index (χ0) is 12.4. The molecular weight excluding hydrogens is 238 g/mol. The lowest BCUT2D eigenvalue weighted by atomic mass is 10.2. The first-order valence-electron chi connectivity index (χ1n) is 5.14. The van der Waals surface area contributed by atoms with Gasteiger partial charge in [0.1, 0.15) is 0 Å². The molecule has 2 rings (SSSR count). The second-order valence-corrected chi connectivity index (χ2v) is 3.98. The van der Waals surface area contributed by atoms with Crippen LogP contribution in [-0.2, 0) is 7.05 Å². The first kappa shape index (κ1) is 11.7. The summed E-state index contributed by atoms with van der Waals surface area (Å²) in [4.78, 5) is 15.9. The maximum absolute atomic E-state index is 11.7. The van der Waals surface area contributed by atoms with Crippen LogP contribution in [0.4, 0.5) is 0 Å². The van der Waals surface area contributed by atoms with Gasteiger partial charge in [0.2, 0.25) is 5.28 Å². The lowest BCUT2D eigenvalue weighted by molar-refractivity contribution is 0.0958. The van der Waals surface area contributed by atoms with Crippen LogP contribution in [0.25, 0.3) is 11.0 Å². The molecule has 1 heterocycles. The van der Waals surface area contributed by atoms with Crippen molar-refractivity contribution in [1.82, 2.24) is 14.9 Å². The Kier molecular flexibility index (Phi) is 3.15. The third-order valence-electron chi connectivity index (χ3n) is 2.50. The van der Waals surface area contributed by atoms with Crippen LogP contribution in [-0.4, -0.2) is 22.0 Å². The van der Waals surface area contributed by atoms with E-state index in [9.17, 15) is 4.79 Å². The van der Waals surface area contributed by atoms with E-state index in [1.54, 1.807) is 28.8 Å². The third-order valence-corrected chi connectivity index (χ3v) is 2.83. The molecule has 88 valence electrons. The van der Waals surface area contributed by atoms with Crippen molar-refractivity contribution in [3.63, 3.8) is 0 Å². The smallest absolute Gasteiger partial charge is 0.251 e. The summed E-state index contributed by atoms with van der Waals surface area (Å²) in [5, 5.41) is 3.13. The SMILES string of the molecule is C=CCNC(=O)c1ccc2nc(Cl)n(C)c2c1. The minimum absolute atomic E-state index is 0.135. The summed E-state index contributed by atoms with van der Waals surface area (Å²) in [7, 11) is 1.81. The number of carbonyl (C=O) groups is 1. The summed E-state index contributed by atoms with van der Waals surface area (Å²) in [6.07, 6.45) is 1.64. The topological polar surface area (TPSA) is 46.9 Å². The van der Waals surface area contributed by atoms with E-state index in [4.69, 9.17) is 11.6 Å². The number of nitrogens with zero attached hydrogens (tertiary/aromatic N) is 2. The molecule has 0 spiro atoms. The van der Waals surface area contributed by atoms with Gasteiger partial charge >= 0.3 is 0 Å². The molecule has 0 radical (unpaired) electrons. The molecule has 0 atom stereocenters. The lowest BCUT2D eigenvalue weighted by Gasteiger charge is -2.03. The molecule has 1 aromatic carbocycles. The van der Waals surface area contributed by atoms with Crippen molar-refractivity contribution in [2.75, 3.05) is 6.54 Å². The van der Waals surface area contributed by atoms with Gasteiger partial charge in [-0.25, -0.2) is 4.98 Å². The molecule has 4 nitrogen and oxygen atoms in total. The molecular formula is C12H12ClN3O. The summed E-state index contributed by atoms with van der Waals surface area (Å²) in [5.41, 5.74) is 2.19. The van der Waals surface area contributed by atoms with E-state index in [1.165, 1.54) is 0 Å². The van der Waals surface area contributed by atoms with Gasteiger partial charge in [0.15, 0.2) is 0 Å². The number of aryl methyl sites for hydroxylation is 1. The van der Waals surface area contributed by atoms with Gasteiger partial charge in [-0.3, -0.25) is 4.79 Å². The number of halogens is 1. The molecule has 0 bridgehead atoms. The van der Waals surface area contributed by atoms with Gasteiger partial charge in [-0.05, 0) is 29.8 Å². The molecule has 0 saturated heterocycles. The van der Waals surface area contributed by atoms with Gasteiger partial charge in [-0.2, -0.15) is 0 Å². The Hall–Kier alpha value is -1.81. The number of fused-ring (bicyclic) bond motifs is 1. The van der Waals surface area contributed by atoms with Crippen LogP contribution in [0.3, 0.4) is 0 Å². The molecule has 0 aliphatic carbocycles. The maximum Gasteiger partial charge on any atom is 0.251 e. The molecule has 0 aliphatic heterocycles. The highest BCUT2D eigenvalue weighted by atomic mass is 35.5. The first-order valence-corrected chi connectivity index (χ1v) is 5.52. The van der Waals surface area contributed by atoms with E-state index in [0.717, 1.165) is 11.0 Å². The molecule has 0 aliphatic rings. The number of nitrogens with one attached hydrogen (secondary N) is 1. The van der Waals surface area contributed by atoms with Gasteiger partial charge < -0.3 is 9.88 Å². The molecule has 0 fully saturated rings. The highest BCUT2D eigenvalue weighted by molar-refractivity contribution is 6.29. The molecule has 1 amide bonds. The van der Waals surface area contributed by atoms with Crippen LogP contribution >= 0.6 is 11.6 Å². The lowest BCUT2D eigenvalue weighted by Crippen LogP contribution is -2.23. The van der Waals surface area contributed by atoms with E-state index in [0.29, 0.717) is 17.4 Å². The standard InChI is InChI=1S/C12H12ClN3O/c1-3-6-14-11(17)8-4-5-9-10(7-8)16(2)12(13)15-9/h3-5,7H,1,6H2,2H3,(H,14,17). The largest absolute Gasteiger partial charge is 0.349 e. The van der Waals surface area contributed by atoms with Gasteiger partial charge in [0.05, 0.1) is 11.0 Å². The average molecular weight is 250 g/mol. The molecule has 2 aromatic rings. The van der Waals surface area contributed by atoms with Crippen molar-refractivity contribution < 1.29 is 4.79 Å². The number of imidazole rings is 1. The van der Waals surface area contributed by atoms with Crippen LogP contribution in [0.5, 0.6) is 0 Å². The fourth-order valence-electron chi connectivity index (χ4n) is 1.57. The third kappa shape index (κ3) is 2.17. The van der Waals surface area contributed by atoms with Crippen molar-refractivity contribution >= 4 is 28.5 Å². The summed E-state index contributed by atoms with van der Waals surface area (Å²) >= 11 is 5.91. The van der Waals surface area contributed by atoms with Crippen molar-refractivity contribution in [3.05, 3.63) is 41.7 Å². The minimum Gasteiger partial charge on any atom is -0.349 e. The zero-order valence-electron chi connectivity index (χ0n) is 9.40.